The monoisotopic (exact) mass is 298 g/mol. The van der Waals surface area contributed by atoms with E-state index in [2.05, 4.69) is 5.32 Å². The molecule has 21 heavy (non-hydrogen) atoms. The van der Waals surface area contributed by atoms with E-state index < -0.39 is 16.5 Å². The Kier molecular flexibility index (Phi) is 5.34. The van der Waals surface area contributed by atoms with Gasteiger partial charge in [0.1, 0.15) is 5.56 Å². The van der Waals surface area contributed by atoms with Gasteiger partial charge in [0.25, 0.3) is 5.91 Å². The van der Waals surface area contributed by atoms with E-state index in [1.54, 1.807) is 13.8 Å². The van der Waals surface area contributed by atoms with Gasteiger partial charge in [-0.2, -0.15) is 0 Å². The first-order chi connectivity index (χ1) is 9.87. The molecule has 116 valence electrons. The van der Waals surface area contributed by atoms with Gasteiger partial charge in [0.05, 0.1) is 26.3 Å². The summed E-state index contributed by atoms with van der Waals surface area (Å²) >= 11 is 0. The van der Waals surface area contributed by atoms with Crippen LogP contribution in [0, 0.1) is 10.1 Å². The van der Waals surface area contributed by atoms with Crippen molar-refractivity contribution in [1.29, 1.82) is 0 Å². The Bertz CT molecular complexity index is 556. The summed E-state index contributed by atoms with van der Waals surface area (Å²) < 4.78 is 15.2. The minimum Gasteiger partial charge on any atom is -0.493 e. The van der Waals surface area contributed by atoms with Crippen LogP contribution in [0.3, 0.4) is 0 Å². The zero-order valence-corrected chi connectivity index (χ0v) is 12.6. The molecule has 8 nitrogen and oxygen atoms in total. The Morgan fingerprint density at radius 2 is 1.76 bits per heavy atom. The molecule has 0 saturated carbocycles. The highest BCUT2D eigenvalue weighted by Crippen LogP contribution is 2.46. The van der Waals surface area contributed by atoms with E-state index >= 15 is 0 Å². The number of nitrogens with one attached hydrogen (secondary N) is 1. The Morgan fingerprint density at radius 1 is 1.19 bits per heavy atom. The summed E-state index contributed by atoms with van der Waals surface area (Å²) in [6, 6.07) is 1.09. The van der Waals surface area contributed by atoms with Gasteiger partial charge in [-0.25, -0.2) is 0 Å². The van der Waals surface area contributed by atoms with Gasteiger partial charge in [-0.05, 0) is 13.8 Å². The normalized spacial score (nSPS) is 10.2. The number of hydrogen-bond acceptors (Lipinski definition) is 6. The molecule has 0 aliphatic carbocycles. The Balaban J connectivity index is 3.62. The molecule has 1 aromatic carbocycles. The quantitative estimate of drug-likeness (QED) is 0.634. The number of methoxy groups -OCH3 is 3. The van der Waals surface area contributed by atoms with Crippen LogP contribution in [-0.2, 0) is 0 Å². The maximum atomic E-state index is 12.1. The fourth-order valence-corrected chi connectivity index (χ4v) is 1.84. The van der Waals surface area contributed by atoms with Crippen LogP contribution in [0.4, 0.5) is 5.69 Å². The average Bonchev–Trinajstić information content (AvgIpc) is 2.43. The van der Waals surface area contributed by atoms with Crippen molar-refractivity contribution < 1.29 is 23.9 Å². The van der Waals surface area contributed by atoms with Crippen molar-refractivity contribution in [2.24, 2.45) is 0 Å². The van der Waals surface area contributed by atoms with Gasteiger partial charge in [0.2, 0.25) is 11.5 Å². The largest absolute Gasteiger partial charge is 0.493 e. The van der Waals surface area contributed by atoms with Gasteiger partial charge in [0.15, 0.2) is 5.75 Å². The van der Waals surface area contributed by atoms with Gasteiger partial charge < -0.3 is 19.5 Å². The number of hydrogen-bond donors (Lipinski definition) is 1. The highest BCUT2D eigenvalue weighted by Gasteiger charge is 2.32. The number of rotatable bonds is 6. The summed E-state index contributed by atoms with van der Waals surface area (Å²) in [5.74, 6) is -0.506. The van der Waals surface area contributed by atoms with Crippen molar-refractivity contribution >= 4 is 11.6 Å². The molecular formula is C13H18N2O6. The number of benzene rings is 1. The van der Waals surface area contributed by atoms with E-state index in [-0.39, 0.29) is 28.9 Å². The standard InChI is InChI=1S/C13H18N2O6/c1-7(2)14-13(16)8-6-9(19-3)11(20-4)12(21-5)10(8)15(17)18/h6-7H,1-5H3,(H,14,16). The van der Waals surface area contributed by atoms with Crippen LogP contribution in [0.1, 0.15) is 24.2 Å². The van der Waals surface area contributed by atoms with Crippen LogP contribution >= 0.6 is 0 Å². The van der Waals surface area contributed by atoms with Crippen molar-refractivity contribution in [2.45, 2.75) is 19.9 Å². The molecule has 0 saturated heterocycles. The minimum absolute atomic E-state index is 0.0628. The fraction of sp³-hybridized carbons (Fsp3) is 0.462. The summed E-state index contributed by atoms with van der Waals surface area (Å²) in [6.45, 7) is 3.50. The van der Waals surface area contributed by atoms with Crippen LogP contribution in [0.2, 0.25) is 0 Å². The summed E-state index contributed by atoms with van der Waals surface area (Å²) in [5.41, 5.74) is -0.614. The van der Waals surface area contributed by atoms with E-state index in [9.17, 15) is 14.9 Å². The van der Waals surface area contributed by atoms with E-state index in [1.807, 2.05) is 0 Å². The van der Waals surface area contributed by atoms with Gasteiger partial charge >= 0.3 is 5.69 Å². The lowest BCUT2D eigenvalue weighted by molar-refractivity contribution is -0.386. The summed E-state index contributed by atoms with van der Waals surface area (Å²) in [6.07, 6.45) is 0. The Morgan fingerprint density at radius 3 is 2.14 bits per heavy atom. The number of carbonyl (C=O) groups excluding carboxylic acids is 1. The van der Waals surface area contributed by atoms with E-state index in [0.717, 1.165) is 0 Å². The molecule has 1 rings (SSSR count). The maximum Gasteiger partial charge on any atom is 0.327 e. The third-order valence-corrected chi connectivity index (χ3v) is 2.65. The predicted molar refractivity (Wildman–Crippen MR) is 75.4 cm³/mol. The maximum absolute atomic E-state index is 12.1. The first kappa shape index (κ1) is 16.5. The van der Waals surface area contributed by atoms with Crippen molar-refractivity contribution in [3.63, 3.8) is 0 Å². The van der Waals surface area contributed by atoms with Gasteiger partial charge in [-0.15, -0.1) is 0 Å². The molecule has 0 bridgehead atoms. The lowest BCUT2D eigenvalue weighted by Gasteiger charge is -2.15. The third-order valence-electron chi connectivity index (χ3n) is 2.65. The lowest BCUT2D eigenvalue weighted by atomic mass is 10.1. The number of nitro groups is 1. The van der Waals surface area contributed by atoms with Crippen molar-refractivity contribution in [3.05, 3.63) is 21.7 Å². The van der Waals surface area contributed by atoms with Crippen LogP contribution < -0.4 is 19.5 Å². The van der Waals surface area contributed by atoms with Gasteiger partial charge in [0, 0.05) is 12.1 Å². The number of ether oxygens (including phenoxy) is 3. The van der Waals surface area contributed by atoms with Crippen molar-refractivity contribution in [3.8, 4) is 17.2 Å². The second-order valence-corrected chi connectivity index (χ2v) is 4.43. The molecule has 0 fully saturated rings. The lowest BCUT2D eigenvalue weighted by Crippen LogP contribution is -2.30. The first-order valence-corrected chi connectivity index (χ1v) is 6.15. The topological polar surface area (TPSA) is 99.9 Å². The Labute approximate surface area is 122 Å². The third kappa shape index (κ3) is 3.33. The van der Waals surface area contributed by atoms with Gasteiger partial charge in [-0.1, -0.05) is 0 Å². The number of carbonyl (C=O) groups is 1. The summed E-state index contributed by atoms with van der Waals surface area (Å²) in [4.78, 5) is 22.8. The average molecular weight is 298 g/mol. The molecule has 0 aromatic heterocycles. The highest BCUT2D eigenvalue weighted by atomic mass is 16.6. The van der Waals surface area contributed by atoms with E-state index in [4.69, 9.17) is 14.2 Å². The zero-order chi connectivity index (χ0) is 16.2. The van der Waals surface area contributed by atoms with Crippen molar-refractivity contribution in [2.75, 3.05) is 21.3 Å². The first-order valence-electron chi connectivity index (χ1n) is 6.15. The molecular weight excluding hydrogens is 280 g/mol. The van der Waals surface area contributed by atoms with Crippen LogP contribution in [0.15, 0.2) is 6.07 Å². The van der Waals surface area contributed by atoms with E-state index in [1.165, 1.54) is 27.4 Å². The number of amides is 1. The molecule has 1 N–H and O–H groups in total. The molecule has 0 spiro atoms. The smallest absolute Gasteiger partial charge is 0.327 e. The predicted octanol–water partition coefficient (Wildman–Crippen LogP) is 1.76. The molecule has 0 radical (unpaired) electrons. The molecule has 0 unspecified atom stereocenters. The molecule has 0 aliphatic heterocycles. The molecule has 0 aliphatic rings. The second-order valence-electron chi connectivity index (χ2n) is 4.43. The van der Waals surface area contributed by atoms with Crippen LogP contribution in [-0.4, -0.2) is 38.2 Å². The molecule has 0 atom stereocenters. The SMILES string of the molecule is COc1cc(C(=O)NC(C)C)c([N+](=O)[O-])c(OC)c1OC. The van der Waals surface area contributed by atoms with Crippen LogP contribution in [0.5, 0.6) is 17.2 Å². The zero-order valence-electron chi connectivity index (χ0n) is 12.6. The molecule has 0 heterocycles. The summed E-state index contributed by atoms with van der Waals surface area (Å²) in [5, 5.41) is 13.9. The highest BCUT2D eigenvalue weighted by molar-refractivity contribution is 6.00. The minimum atomic E-state index is -0.684. The second kappa shape index (κ2) is 6.78. The number of nitrogens with zero attached hydrogens (tertiary/aromatic N) is 1. The summed E-state index contributed by atoms with van der Waals surface area (Å²) in [7, 11) is 3.96. The van der Waals surface area contributed by atoms with Crippen molar-refractivity contribution in [1.82, 2.24) is 5.32 Å². The van der Waals surface area contributed by atoms with Gasteiger partial charge in [-0.3, -0.25) is 14.9 Å². The van der Waals surface area contributed by atoms with E-state index in [0.29, 0.717) is 0 Å². The molecule has 1 amide bonds. The number of nitro benzene ring substituents is 1. The molecule has 8 heteroatoms. The fourth-order valence-electron chi connectivity index (χ4n) is 1.84. The Hall–Kier alpha value is -2.51. The molecule has 1 aromatic rings. The van der Waals surface area contributed by atoms with Crippen LogP contribution in [0.25, 0.3) is 0 Å².